The van der Waals surface area contributed by atoms with Crippen molar-refractivity contribution in [3.05, 3.63) is 0 Å². The van der Waals surface area contributed by atoms with Gasteiger partial charge in [0.25, 0.3) is 0 Å². The van der Waals surface area contributed by atoms with Crippen LogP contribution in [0.25, 0.3) is 0 Å². The van der Waals surface area contributed by atoms with Crippen molar-refractivity contribution >= 4 is 5.90 Å². The summed E-state index contributed by atoms with van der Waals surface area (Å²) in [6, 6.07) is 0. The van der Waals surface area contributed by atoms with Gasteiger partial charge >= 0.3 is 0 Å². The van der Waals surface area contributed by atoms with E-state index in [4.69, 9.17) is 4.74 Å². The predicted molar refractivity (Wildman–Crippen MR) is 74.7 cm³/mol. The fraction of sp³-hybridized carbons (Fsp3) is 0.933. The van der Waals surface area contributed by atoms with Crippen LogP contribution in [0.4, 0.5) is 0 Å². The van der Waals surface area contributed by atoms with E-state index in [1.165, 1.54) is 51.4 Å². The Kier molecular flexibility index (Phi) is 8.12. The minimum atomic E-state index is 0.374. The third kappa shape index (κ3) is 6.70. The topological polar surface area (TPSA) is 21.6 Å². The molecule has 1 rings (SSSR count). The van der Waals surface area contributed by atoms with E-state index in [0.717, 1.165) is 25.3 Å². The van der Waals surface area contributed by atoms with Crippen molar-refractivity contribution in [3.63, 3.8) is 0 Å². The Balaban J connectivity index is 1.85. The highest BCUT2D eigenvalue weighted by Gasteiger charge is 2.16. The summed E-state index contributed by atoms with van der Waals surface area (Å²) >= 11 is 0. The fourth-order valence-corrected chi connectivity index (χ4v) is 2.23. The highest BCUT2D eigenvalue weighted by Crippen LogP contribution is 2.14. The fourth-order valence-electron chi connectivity index (χ4n) is 2.23. The third-order valence-electron chi connectivity index (χ3n) is 3.47. The summed E-state index contributed by atoms with van der Waals surface area (Å²) in [4.78, 5) is 4.44. The molecule has 0 aromatic heterocycles. The van der Waals surface area contributed by atoms with Crippen LogP contribution in [0, 0.1) is 0 Å². The predicted octanol–water partition coefficient (Wildman–Crippen LogP) is 4.72. The van der Waals surface area contributed by atoms with E-state index >= 15 is 0 Å². The van der Waals surface area contributed by atoms with Gasteiger partial charge in [0, 0.05) is 6.42 Å². The Hall–Kier alpha value is -0.530. The zero-order valence-corrected chi connectivity index (χ0v) is 11.7. The monoisotopic (exact) mass is 239 g/mol. The number of nitrogens with zero attached hydrogens (tertiary/aromatic N) is 1. The van der Waals surface area contributed by atoms with E-state index in [9.17, 15) is 0 Å². The number of rotatable bonds is 10. The summed E-state index contributed by atoms with van der Waals surface area (Å²) in [6.45, 7) is 5.33. The number of unbranched alkanes of at least 4 members (excludes halogenated alkanes) is 7. The second-order valence-corrected chi connectivity index (χ2v) is 5.11. The Morgan fingerprint density at radius 1 is 1.00 bits per heavy atom. The van der Waals surface area contributed by atoms with Crippen molar-refractivity contribution in [1.29, 1.82) is 0 Å². The van der Waals surface area contributed by atoms with Gasteiger partial charge in [-0.05, 0) is 12.8 Å². The van der Waals surface area contributed by atoms with Gasteiger partial charge < -0.3 is 4.74 Å². The van der Waals surface area contributed by atoms with Crippen LogP contribution >= 0.6 is 0 Å². The molecule has 1 aliphatic rings. The van der Waals surface area contributed by atoms with Crippen LogP contribution in [0.5, 0.6) is 0 Å². The van der Waals surface area contributed by atoms with E-state index in [1.54, 1.807) is 0 Å². The van der Waals surface area contributed by atoms with Gasteiger partial charge in [0.15, 0.2) is 5.90 Å². The van der Waals surface area contributed by atoms with E-state index in [-0.39, 0.29) is 0 Å². The highest BCUT2D eigenvalue weighted by atomic mass is 16.5. The molecule has 2 heteroatoms. The third-order valence-corrected chi connectivity index (χ3v) is 3.47. The van der Waals surface area contributed by atoms with Crippen LogP contribution in [0.3, 0.4) is 0 Å². The lowest BCUT2D eigenvalue weighted by atomic mass is 10.1. The zero-order chi connectivity index (χ0) is 12.3. The average Bonchev–Trinajstić information content (AvgIpc) is 2.80. The molecule has 0 saturated heterocycles. The molecule has 0 aromatic rings. The molecule has 0 fully saturated rings. The molecule has 0 N–H and O–H groups in total. The van der Waals surface area contributed by atoms with Crippen LogP contribution in [-0.4, -0.2) is 18.5 Å². The molecule has 17 heavy (non-hydrogen) atoms. The van der Waals surface area contributed by atoms with Crippen LogP contribution in [0.2, 0.25) is 0 Å². The maximum Gasteiger partial charge on any atom is 0.183 e. The smallest absolute Gasteiger partial charge is 0.183 e. The Bertz CT molecular complexity index is 213. The van der Waals surface area contributed by atoms with Gasteiger partial charge in [0.05, 0.1) is 6.54 Å². The lowest BCUT2D eigenvalue weighted by molar-refractivity contribution is 0.213. The van der Waals surface area contributed by atoms with Gasteiger partial charge in [-0.25, -0.2) is 0 Å². The van der Waals surface area contributed by atoms with Gasteiger partial charge in [-0.2, -0.15) is 0 Å². The Morgan fingerprint density at radius 3 is 2.24 bits per heavy atom. The van der Waals surface area contributed by atoms with Crippen molar-refractivity contribution in [1.82, 2.24) is 0 Å². The first-order chi connectivity index (χ1) is 8.36. The first kappa shape index (κ1) is 14.5. The SMILES string of the molecule is CCCCCCCCCCC1=NCC(CC)O1. The molecule has 2 nitrogen and oxygen atoms in total. The highest BCUT2D eigenvalue weighted by molar-refractivity contribution is 5.77. The molecule has 0 amide bonds. The first-order valence-electron chi connectivity index (χ1n) is 7.56. The first-order valence-corrected chi connectivity index (χ1v) is 7.56. The van der Waals surface area contributed by atoms with Crippen LogP contribution in [-0.2, 0) is 4.74 Å². The van der Waals surface area contributed by atoms with Gasteiger partial charge in [0.1, 0.15) is 6.10 Å². The van der Waals surface area contributed by atoms with E-state index in [1.807, 2.05) is 0 Å². The quantitative estimate of drug-likeness (QED) is 0.505. The van der Waals surface area contributed by atoms with Gasteiger partial charge in [-0.15, -0.1) is 0 Å². The van der Waals surface area contributed by atoms with Gasteiger partial charge in [-0.1, -0.05) is 58.8 Å². The lowest BCUT2D eigenvalue weighted by Gasteiger charge is -2.08. The number of hydrogen-bond donors (Lipinski definition) is 0. The normalized spacial score (nSPS) is 19.2. The minimum absolute atomic E-state index is 0.374. The summed E-state index contributed by atoms with van der Waals surface area (Å²) in [5, 5.41) is 0. The molecular weight excluding hydrogens is 210 g/mol. The number of ether oxygens (including phenoxy) is 1. The molecule has 1 atom stereocenters. The molecule has 0 spiro atoms. The van der Waals surface area contributed by atoms with Crippen LogP contribution in [0.15, 0.2) is 4.99 Å². The summed E-state index contributed by atoms with van der Waals surface area (Å²) in [6.07, 6.45) is 13.5. The largest absolute Gasteiger partial charge is 0.476 e. The molecule has 0 bridgehead atoms. The molecule has 0 saturated carbocycles. The second-order valence-electron chi connectivity index (χ2n) is 5.11. The van der Waals surface area contributed by atoms with Crippen LogP contribution in [0.1, 0.15) is 78.1 Å². The molecule has 1 unspecified atom stereocenters. The number of aliphatic imine (C=N–C) groups is 1. The van der Waals surface area contributed by atoms with E-state index < -0.39 is 0 Å². The summed E-state index contributed by atoms with van der Waals surface area (Å²) in [7, 11) is 0. The summed E-state index contributed by atoms with van der Waals surface area (Å²) in [5.41, 5.74) is 0. The second kappa shape index (κ2) is 9.49. The lowest BCUT2D eigenvalue weighted by Crippen LogP contribution is -2.11. The van der Waals surface area contributed by atoms with Crippen molar-refractivity contribution in [2.75, 3.05) is 6.54 Å². The molecule has 0 aliphatic carbocycles. The van der Waals surface area contributed by atoms with Crippen LogP contribution < -0.4 is 0 Å². The Morgan fingerprint density at radius 2 is 1.65 bits per heavy atom. The number of hydrogen-bond acceptors (Lipinski definition) is 2. The molecule has 100 valence electrons. The standard InChI is InChI=1S/C15H29NO/c1-3-5-6-7-8-9-10-11-12-15-16-13-14(4-2)17-15/h14H,3-13H2,1-2H3. The maximum atomic E-state index is 5.72. The molecule has 1 aliphatic heterocycles. The van der Waals surface area contributed by atoms with Gasteiger partial charge in [-0.3, -0.25) is 4.99 Å². The average molecular weight is 239 g/mol. The molecule has 1 heterocycles. The Labute approximate surface area is 107 Å². The van der Waals surface area contributed by atoms with Crippen molar-refractivity contribution in [3.8, 4) is 0 Å². The van der Waals surface area contributed by atoms with E-state index in [0.29, 0.717) is 6.10 Å². The van der Waals surface area contributed by atoms with Crippen molar-refractivity contribution < 1.29 is 4.74 Å². The van der Waals surface area contributed by atoms with Crippen molar-refractivity contribution in [2.24, 2.45) is 4.99 Å². The van der Waals surface area contributed by atoms with E-state index in [2.05, 4.69) is 18.8 Å². The van der Waals surface area contributed by atoms with Crippen molar-refractivity contribution in [2.45, 2.75) is 84.2 Å². The summed E-state index contributed by atoms with van der Waals surface area (Å²) < 4.78 is 5.72. The minimum Gasteiger partial charge on any atom is -0.476 e. The van der Waals surface area contributed by atoms with Gasteiger partial charge in [0.2, 0.25) is 0 Å². The summed E-state index contributed by atoms with van der Waals surface area (Å²) in [5.74, 6) is 1.02. The maximum absolute atomic E-state index is 5.72. The molecule has 0 radical (unpaired) electrons. The molecular formula is C15H29NO. The molecule has 0 aromatic carbocycles. The zero-order valence-electron chi connectivity index (χ0n) is 11.7.